The minimum Gasteiger partial charge on any atom is -0.396 e. The number of hydrogen-bond donors (Lipinski definition) is 3. The number of nitrogens with two attached hydrogens (primary N) is 1. The van der Waals surface area contributed by atoms with Gasteiger partial charge in [0.1, 0.15) is 11.6 Å². The average molecular weight is 454 g/mol. The van der Waals surface area contributed by atoms with E-state index >= 15 is 0 Å². The molecule has 168 valence electrons. The van der Waals surface area contributed by atoms with Gasteiger partial charge in [-0.2, -0.15) is 18.2 Å². The Morgan fingerprint density at radius 3 is 2.36 bits per heavy atom. The molecule has 0 atom stereocenters. The summed E-state index contributed by atoms with van der Waals surface area (Å²) in [5.41, 5.74) is 6.80. The van der Waals surface area contributed by atoms with Crippen LogP contribution in [0.3, 0.4) is 0 Å². The van der Waals surface area contributed by atoms with Crippen molar-refractivity contribution in [3.8, 4) is 11.1 Å². The monoisotopic (exact) mass is 454 g/mol. The molecule has 0 fully saturated rings. The van der Waals surface area contributed by atoms with Crippen molar-refractivity contribution < 1.29 is 17.6 Å². The van der Waals surface area contributed by atoms with Crippen LogP contribution in [-0.4, -0.2) is 22.9 Å². The Kier molecular flexibility index (Phi) is 5.36. The topological polar surface area (TPSA) is 94.8 Å². The van der Waals surface area contributed by atoms with Gasteiger partial charge < -0.3 is 10.6 Å². The second-order valence-electron chi connectivity index (χ2n) is 7.33. The van der Waals surface area contributed by atoms with Gasteiger partial charge in [0.05, 0.1) is 23.1 Å². The second-order valence-corrected chi connectivity index (χ2v) is 7.33. The highest BCUT2D eigenvalue weighted by Gasteiger charge is 2.30. The third kappa shape index (κ3) is 4.02. The Bertz CT molecular complexity index is 1420. The summed E-state index contributed by atoms with van der Waals surface area (Å²) in [5, 5.41) is 16.1. The first kappa shape index (κ1) is 22.0. The molecule has 10 heteroatoms. The van der Waals surface area contributed by atoms with Gasteiger partial charge in [-0.15, -0.1) is 0 Å². The predicted octanol–water partition coefficient (Wildman–Crippen LogP) is 5.15. The highest BCUT2D eigenvalue weighted by molar-refractivity contribution is 5.96. The standard InChI is InChI=1S/C23H18F4N6/c1-32(21-17-10-18(24)19(29)11-20(17)33(12-28)22(30)31-21)16-4-2-3-14(9-16)13-5-7-15(8-6-13)23(25,26)27/h2-12,28,30H,29H2,1H3. The van der Waals surface area contributed by atoms with E-state index in [-0.39, 0.29) is 17.1 Å². The molecular formula is C23H18F4N6. The Hall–Kier alpha value is -4.21. The molecule has 0 aliphatic heterocycles. The lowest BCUT2D eigenvalue weighted by molar-refractivity contribution is -0.137. The highest BCUT2D eigenvalue weighted by atomic mass is 19.4. The van der Waals surface area contributed by atoms with E-state index in [1.54, 1.807) is 36.2 Å². The van der Waals surface area contributed by atoms with Crippen LogP contribution in [0.4, 0.5) is 34.8 Å². The number of anilines is 3. The first-order chi connectivity index (χ1) is 15.6. The Balaban J connectivity index is 1.81. The van der Waals surface area contributed by atoms with Crippen LogP contribution in [0.25, 0.3) is 22.0 Å². The van der Waals surface area contributed by atoms with Crippen molar-refractivity contribution in [3.63, 3.8) is 0 Å². The van der Waals surface area contributed by atoms with Crippen molar-refractivity contribution in [2.24, 2.45) is 0 Å². The molecule has 1 heterocycles. The van der Waals surface area contributed by atoms with Crippen molar-refractivity contribution in [1.82, 2.24) is 9.55 Å². The van der Waals surface area contributed by atoms with Crippen LogP contribution in [0.1, 0.15) is 5.56 Å². The zero-order valence-corrected chi connectivity index (χ0v) is 17.3. The average Bonchev–Trinajstić information content (AvgIpc) is 2.79. The summed E-state index contributed by atoms with van der Waals surface area (Å²) in [5.74, 6) is -0.400. The van der Waals surface area contributed by atoms with Gasteiger partial charge in [0.25, 0.3) is 0 Å². The molecule has 33 heavy (non-hydrogen) atoms. The highest BCUT2D eigenvalue weighted by Crippen LogP contribution is 2.34. The number of benzene rings is 3. The molecule has 0 saturated heterocycles. The molecule has 0 amide bonds. The molecule has 0 spiro atoms. The van der Waals surface area contributed by atoms with Crippen LogP contribution in [-0.2, 0) is 6.18 Å². The van der Waals surface area contributed by atoms with Crippen molar-refractivity contribution in [2.75, 3.05) is 17.7 Å². The van der Waals surface area contributed by atoms with Crippen LogP contribution in [0, 0.1) is 16.6 Å². The Morgan fingerprint density at radius 1 is 1.03 bits per heavy atom. The Labute approximate surface area is 185 Å². The molecule has 1 aromatic heterocycles. The van der Waals surface area contributed by atoms with Gasteiger partial charge in [0.15, 0.2) is 0 Å². The lowest BCUT2D eigenvalue weighted by Crippen LogP contribution is -2.26. The van der Waals surface area contributed by atoms with Gasteiger partial charge in [-0.25, -0.2) is 4.39 Å². The van der Waals surface area contributed by atoms with Gasteiger partial charge in [0, 0.05) is 18.1 Å². The summed E-state index contributed by atoms with van der Waals surface area (Å²) >= 11 is 0. The number of hydrogen-bond acceptors (Lipinski definition) is 5. The van der Waals surface area contributed by atoms with Gasteiger partial charge in [-0.3, -0.25) is 15.4 Å². The summed E-state index contributed by atoms with van der Waals surface area (Å²) in [7, 11) is 1.68. The number of rotatable bonds is 4. The number of alkyl halides is 3. The maximum Gasteiger partial charge on any atom is 0.416 e. The van der Waals surface area contributed by atoms with E-state index in [9.17, 15) is 17.6 Å². The minimum atomic E-state index is -4.42. The van der Waals surface area contributed by atoms with Gasteiger partial charge in [-0.05, 0) is 47.5 Å². The number of fused-ring (bicyclic) bond motifs is 1. The van der Waals surface area contributed by atoms with E-state index in [4.69, 9.17) is 16.6 Å². The quantitative estimate of drug-likeness (QED) is 0.172. The van der Waals surface area contributed by atoms with E-state index in [0.717, 1.165) is 18.5 Å². The normalized spacial score (nSPS) is 11.5. The molecule has 0 saturated carbocycles. The van der Waals surface area contributed by atoms with Gasteiger partial charge >= 0.3 is 6.18 Å². The SMILES string of the molecule is CN(c1cccc(-c2ccc(C(F)(F)F)cc2)c1)c1nc(=N)n(C=N)c2cc(N)c(F)cc12. The Morgan fingerprint density at radius 2 is 1.73 bits per heavy atom. The molecule has 0 aliphatic rings. The number of nitrogens with zero attached hydrogens (tertiary/aromatic N) is 3. The molecule has 4 N–H and O–H groups in total. The van der Waals surface area contributed by atoms with Crippen molar-refractivity contribution in [1.29, 1.82) is 10.8 Å². The largest absolute Gasteiger partial charge is 0.416 e. The lowest BCUT2D eigenvalue weighted by Gasteiger charge is -2.22. The summed E-state index contributed by atoms with van der Waals surface area (Å²) in [4.78, 5) is 5.87. The maximum absolute atomic E-state index is 14.3. The third-order valence-electron chi connectivity index (χ3n) is 5.28. The summed E-state index contributed by atoms with van der Waals surface area (Å²) in [6.45, 7) is 0. The lowest BCUT2D eigenvalue weighted by atomic mass is 10.0. The molecule has 0 bridgehead atoms. The van der Waals surface area contributed by atoms with Crippen LogP contribution in [0.15, 0.2) is 60.7 Å². The van der Waals surface area contributed by atoms with Crippen LogP contribution < -0.4 is 16.3 Å². The minimum absolute atomic E-state index is 0.124. The van der Waals surface area contributed by atoms with Crippen LogP contribution in [0.5, 0.6) is 0 Å². The zero-order valence-electron chi connectivity index (χ0n) is 17.3. The second kappa shape index (κ2) is 8.05. The smallest absolute Gasteiger partial charge is 0.396 e. The number of aromatic nitrogens is 2. The van der Waals surface area contributed by atoms with Gasteiger partial charge in [0.2, 0.25) is 5.62 Å². The van der Waals surface area contributed by atoms with Crippen molar-refractivity contribution in [2.45, 2.75) is 6.18 Å². The van der Waals surface area contributed by atoms with E-state index in [1.165, 1.54) is 28.8 Å². The fraction of sp³-hybridized carbons (Fsp3) is 0.0870. The molecule has 3 aromatic carbocycles. The molecule has 6 nitrogen and oxygen atoms in total. The molecule has 0 aliphatic carbocycles. The van der Waals surface area contributed by atoms with Crippen LogP contribution in [0.2, 0.25) is 0 Å². The maximum atomic E-state index is 14.3. The number of nitrogens with one attached hydrogen (secondary N) is 2. The summed E-state index contributed by atoms with van der Waals surface area (Å²) in [6.07, 6.45) is -3.52. The molecular weight excluding hydrogens is 436 g/mol. The first-order valence-corrected chi connectivity index (χ1v) is 9.68. The third-order valence-corrected chi connectivity index (χ3v) is 5.28. The molecule has 0 radical (unpaired) electrons. The van der Waals surface area contributed by atoms with E-state index in [2.05, 4.69) is 4.98 Å². The van der Waals surface area contributed by atoms with Gasteiger partial charge in [-0.1, -0.05) is 24.3 Å². The summed E-state index contributed by atoms with van der Waals surface area (Å²) in [6, 6.07) is 14.4. The fourth-order valence-electron chi connectivity index (χ4n) is 3.54. The van der Waals surface area contributed by atoms with E-state index < -0.39 is 17.6 Å². The first-order valence-electron chi connectivity index (χ1n) is 9.68. The fourth-order valence-corrected chi connectivity index (χ4v) is 3.54. The van der Waals surface area contributed by atoms with Crippen molar-refractivity contribution >= 4 is 34.4 Å². The van der Waals surface area contributed by atoms with Crippen LogP contribution >= 0.6 is 0 Å². The molecule has 4 rings (SSSR count). The molecule has 4 aromatic rings. The molecule has 0 unspecified atom stereocenters. The predicted molar refractivity (Wildman–Crippen MR) is 119 cm³/mol. The van der Waals surface area contributed by atoms with Crippen molar-refractivity contribution in [3.05, 3.63) is 77.7 Å². The number of halogens is 4. The number of nitrogen functional groups attached to an aromatic ring is 1. The van der Waals surface area contributed by atoms with E-state index in [0.29, 0.717) is 27.7 Å². The zero-order chi connectivity index (χ0) is 23.9. The summed E-state index contributed by atoms with van der Waals surface area (Å²) < 4.78 is 54.0. The van der Waals surface area contributed by atoms with E-state index in [1.807, 2.05) is 0 Å².